The van der Waals surface area contributed by atoms with Gasteiger partial charge in [0.2, 0.25) is 21.8 Å². The molecular formula is C22H26ClN3O6S. The Bertz CT molecular complexity index is 1130. The van der Waals surface area contributed by atoms with Gasteiger partial charge in [-0.15, -0.1) is 0 Å². The van der Waals surface area contributed by atoms with Crippen LogP contribution in [0.4, 0.5) is 5.69 Å². The van der Waals surface area contributed by atoms with Crippen molar-refractivity contribution in [2.75, 3.05) is 45.3 Å². The quantitative estimate of drug-likeness (QED) is 0.578. The van der Waals surface area contributed by atoms with Gasteiger partial charge in [-0.1, -0.05) is 23.7 Å². The normalized spacial score (nSPS) is 14.5. The third kappa shape index (κ3) is 6.23. The Hall–Kier alpha value is -2.66. The van der Waals surface area contributed by atoms with Gasteiger partial charge < -0.3 is 20.1 Å². The maximum Gasteiger partial charge on any atom is 0.246 e. The van der Waals surface area contributed by atoms with Crippen LogP contribution in [0.1, 0.15) is 11.1 Å². The van der Waals surface area contributed by atoms with Crippen molar-refractivity contribution in [3.63, 3.8) is 0 Å². The summed E-state index contributed by atoms with van der Waals surface area (Å²) in [6.45, 7) is 2.68. The lowest BCUT2D eigenvalue weighted by molar-refractivity contribution is -0.123. The Morgan fingerprint density at radius 1 is 1.15 bits per heavy atom. The molecule has 1 aliphatic heterocycles. The van der Waals surface area contributed by atoms with Crippen molar-refractivity contribution >= 4 is 39.1 Å². The molecule has 1 aliphatic rings. The molecule has 0 aliphatic carbocycles. The van der Waals surface area contributed by atoms with Gasteiger partial charge in [0.05, 0.1) is 33.3 Å². The first-order valence-corrected chi connectivity index (χ1v) is 12.1. The highest BCUT2D eigenvalue weighted by Crippen LogP contribution is 2.28. The number of hydrogen-bond donors (Lipinski definition) is 2. The van der Waals surface area contributed by atoms with E-state index in [1.54, 1.807) is 31.2 Å². The lowest BCUT2D eigenvalue weighted by Crippen LogP contribution is -2.40. The van der Waals surface area contributed by atoms with Gasteiger partial charge in [0, 0.05) is 23.8 Å². The number of nitrogens with one attached hydrogen (secondary N) is 2. The monoisotopic (exact) mass is 495 g/mol. The fourth-order valence-electron chi connectivity index (χ4n) is 3.32. The second-order valence-corrected chi connectivity index (χ2v) is 9.73. The average molecular weight is 496 g/mol. The molecule has 2 N–H and O–H groups in total. The van der Waals surface area contributed by atoms with Gasteiger partial charge in [0.1, 0.15) is 10.6 Å². The van der Waals surface area contributed by atoms with Crippen molar-refractivity contribution in [3.05, 3.63) is 52.5 Å². The number of morpholine rings is 1. The summed E-state index contributed by atoms with van der Waals surface area (Å²) in [6, 6.07) is 9.72. The highest BCUT2D eigenvalue weighted by Gasteiger charge is 2.29. The van der Waals surface area contributed by atoms with E-state index in [4.69, 9.17) is 21.1 Å². The molecule has 1 fully saturated rings. The minimum atomic E-state index is -3.81. The Kier molecular flexibility index (Phi) is 8.30. The van der Waals surface area contributed by atoms with Crippen LogP contribution in [-0.4, -0.2) is 64.5 Å². The highest BCUT2D eigenvalue weighted by atomic mass is 35.5. The first-order chi connectivity index (χ1) is 15.7. The number of sulfonamides is 1. The van der Waals surface area contributed by atoms with Crippen LogP contribution < -0.4 is 15.4 Å². The lowest BCUT2D eigenvalue weighted by atomic mass is 10.1. The van der Waals surface area contributed by atoms with Gasteiger partial charge in [-0.3, -0.25) is 9.59 Å². The molecule has 1 heterocycles. The fraction of sp³-hybridized carbons (Fsp3) is 0.364. The zero-order chi connectivity index (χ0) is 24.0. The van der Waals surface area contributed by atoms with Crippen molar-refractivity contribution in [3.8, 4) is 5.75 Å². The van der Waals surface area contributed by atoms with E-state index in [2.05, 4.69) is 10.6 Å². The number of hydrogen-bond acceptors (Lipinski definition) is 6. The highest BCUT2D eigenvalue weighted by molar-refractivity contribution is 7.89. The molecule has 1 saturated heterocycles. The summed E-state index contributed by atoms with van der Waals surface area (Å²) in [5.74, 6) is -0.631. The minimum absolute atomic E-state index is 0.00799. The molecule has 178 valence electrons. The zero-order valence-corrected chi connectivity index (χ0v) is 20.0. The number of halogens is 1. The summed E-state index contributed by atoms with van der Waals surface area (Å²) in [5, 5.41) is 5.77. The van der Waals surface area contributed by atoms with E-state index in [1.807, 2.05) is 0 Å². The summed E-state index contributed by atoms with van der Waals surface area (Å²) < 4.78 is 37.9. The Balaban J connectivity index is 1.64. The number of ether oxygens (including phenoxy) is 2. The van der Waals surface area contributed by atoms with Crippen LogP contribution in [0.15, 0.2) is 41.3 Å². The summed E-state index contributed by atoms with van der Waals surface area (Å²) >= 11 is 6.05. The predicted molar refractivity (Wildman–Crippen MR) is 124 cm³/mol. The standard InChI is InChI=1S/C22H26ClN3O6S/c1-15-17(23)4-3-5-18(15)25-22(28)14-24-21(27)13-16-6-7-19(31-2)20(12-16)33(29,30)26-8-10-32-11-9-26/h3-7,12H,8-11,13-14H2,1-2H3,(H,24,27)(H,25,28). The van der Waals surface area contributed by atoms with Crippen LogP contribution in [0.3, 0.4) is 0 Å². The molecule has 2 amide bonds. The molecule has 0 saturated carbocycles. The number of carbonyl (C=O) groups is 2. The molecule has 33 heavy (non-hydrogen) atoms. The van der Waals surface area contributed by atoms with E-state index < -0.39 is 21.8 Å². The van der Waals surface area contributed by atoms with Crippen LogP contribution in [0.25, 0.3) is 0 Å². The van der Waals surface area contributed by atoms with Crippen LogP contribution in [-0.2, 0) is 30.8 Å². The third-order valence-electron chi connectivity index (χ3n) is 5.17. The number of benzene rings is 2. The van der Waals surface area contributed by atoms with E-state index >= 15 is 0 Å². The van der Waals surface area contributed by atoms with E-state index in [-0.39, 0.29) is 36.7 Å². The Labute approximate surface area is 198 Å². The SMILES string of the molecule is COc1ccc(CC(=O)NCC(=O)Nc2cccc(Cl)c2C)cc1S(=O)(=O)N1CCOCC1. The lowest BCUT2D eigenvalue weighted by Gasteiger charge is -2.26. The molecule has 11 heteroatoms. The molecule has 9 nitrogen and oxygen atoms in total. The minimum Gasteiger partial charge on any atom is -0.495 e. The van der Waals surface area contributed by atoms with Gasteiger partial charge in [0.25, 0.3) is 0 Å². The number of methoxy groups -OCH3 is 1. The van der Waals surface area contributed by atoms with E-state index in [0.717, 1.165) is 5.56 Å². The van der Waals surface area contributed by atoms with Crippen molar-refractivity contribution in [2.24, 2.45) is 0 Å². The van der Waals surface area contributed by atoms with Crippen LogP contribution in [0.5, 0.6) is 5.75 Å². The van der Waals surface area contributed by atoms with Crippen LogP contribution >= 0.6 is 11.6 Å². The summed E-state index contributed by atoms with van der Waals surface area (Å²) in [5.41, 5.74) is 1.77. The molecule has 0 radical (unpaired) electrons. The van der Waals surface area contributed by atoms with Crippen LogP contribution in [0.2, 0.25) is 5.02 Å². The van der Waals surface area contributed by atoms with Gasteiger partial charge in [-0.2, -0.15) is 4.31 Å². The fourth-order valence-corrected chi connectivity index (χ4v) is 5.11. The Morgan fingerprint density at radius 2 is 1.88 bits per heavy atom. The third-order valence-corrected chi connectivity index (χ3v) is 7.50. The molecular weight excluding hydrogens is 470 g/mol. The first kappa shape index (κ1) is 25.0. The van der Waals surface area contributed by atoms with Gasteiger partial charge in [-0.05, 0) is 42.3 Å². The van der Waals surface area contributed by atoms with Crippen molar-refractivity contribution in [2.45, 2.75) is 18.2 Å². The molecule has 0 bridgehead atoms. The number of nitrogens with zero attached hydrogens (tertiary/aromatic N) is 1. The van der Waals surface area contributed by atoms with Crippen molar-refractivity contribution < 1.29 is 27.5 Å². The predicted octanol–water partition coefficient (Wildman–Crippen LogP) is 1.98. The van der Waals surface area contributed by atoms with E-state index in [0.29, 0.717) is 29.5 Å². The molecule has 2 aromatic rings. The smallest absolute Gasteiger partial charge is 0.246 e. The van der Waals surface area contributed by atoms with Gasteiger partial charge >= 0.3 is 0 Å². The molecule has 0 aromatic heterocycles. The van der Waals surface area contributed by atoms with Gasteiger partial charge in [-0.25, -0.2) is 8.42 Å². The topological polar surface area (TPSA) is 114 Å². The number of amides is 2. The maximum atomic E-state index is 13.1. The average Bonchev–Trinajstić information content (AvgIpc) is 2.81. The first-order valence-electron chi connectivity index (χ1n) is 10.3. The molecule has 0 atom stereocenters. The van der Waals surface area contributed by atoms with Crippen molar-refractivity contribution in [1.82, 2.24) is 9.62 Å². The van der Waals surface area contributed by atoms with E-state index in [1.165, 1.54) is 23.5 Å². The summed E-state index contributed by atoms with van der Waals surface area (Å²) in [6.07, 6.45) is -0.0981. The zero-order valence-electron chi connectivity index (χ0n) is 18.4. The largest absolute Gasteiger partial charge is 0.495 e. The van der Waals surface area contributed by atoms with E-state index in [9.17, 15) is 18.0 Å². The molecule has 0 spiro atoms. The number of rotatable bonds is 8. The summed E-state index contributed by atoms with van der Waals surface area (Å²) in [4.78, 5) is 24.6. The maximum absolute atomic E-state index is 13.1. The van der Waals surface area contributed by atoms with Crippen molar-refractivity contribution in [1.29, 1.82) is 0 Å². The molecule has 0 unspecified atom stereocenters. The number of anilines is 1. The van der Waals surface area contributed by atoms with Crippen LogP contribution in [0, 0.1) is 6.92 Å². The number of carbonyl (C=O) groups excluding carboxylic acids is 2. The second-order valence-electron chi connectivity index (χ2n) is 7.42. The summed E-state index contributed by atoms with van der Waals surface area (Å²) in [7, 11) is -2.42. The molecule has 2 aromatic carbocycles. The van der Waals surface area contributed by atoms with Gasteiger partial charge in [0.15, 0.2) is 0 Å². The Morgan fingerprint density at radius 3 is 2.58 bits per heavy atom. The molecule has 3 rings (SSSR count). The second kappa shape index (κ2) is 11.0.